The van der Waals surface area contributed by atoms with Crippen LogP contribution in [-0.4, -0.2) is 41.1 Å². The van der Waals surface area contributed by atoms with E-state index in [9.17, 15) is 18.5 Å². The number of nitrogens with one attached hydrogen (secondary N) is 1. The summed E-state index contributed by atoms with van der Waals surface area (Å²) in [5, 5.41) is 12.6. The van der Waals surface area contributed by atoms with Gasteiger partial charge in [0.2, 0.25) is 15.0 Å². The molecule has 2 aromatic heterocycles. The lowest BCUT2D eigenvalue weighted by Gasteiger charge is -2.12. The average Bonchev–Trinajstić information content (AvgIpc) is 3.44. The number of hydrogen-bond donors (Lipinski definition) is 1. The van der Waals surface area contributed by atoms with E-state index in [1.165, 1.54) is 6.08 Å². The maximum absolute atomic E-state index is 12.7. The smallest absolute Gasteiger partial charge is 0.268 e. The Labute approximate surface area is 212 Å². The highest BCUT2D eigenvalue weighted by molar-refractivity contribution is 7.90. The molecule has 0 atom stereocenters. The van der Waals surface area contributed by atoms with Gasteiger partial charge in [-0.2, -0.15) is 14.6 Å². The van der Waals surface area contributed by atoms with Crippen LogP contribution in [0.2, 0.25) is 0 Å². The molecule has 0 unspecified atom stereocenters. The minimum atomic E-state index is -3.60. The third-order valence-electron chi connectivity index (χ3n) is 5.43. The number of para-hydroxylation sites is 2. The molecule has 2 aromatic carbocycles. The van der Waals surface area contributed by atoms with Crippen molar-refractivity contribution in [3.05, 3.63) is 70.9 Å². The second-order valence-corrected chi connectivity index (χ2v) is 10.8. The lowest BCUT2D eigenvalue weighted by molar-refractivity contribution is -0.112. The highest BCUT2D eigenvalue weighted by Crippen LogP contribution is 2.26. The predicted molar refractivity (Wildman–Crippen MR) is 139 cm³/mol. The summed E-state index contributed by atoms with van der Waals surface area (Å²) < 4.78 is 34.9. The standard InChI is InChI=1S/C25H23N5O4S2/c1-16-7-6-8-17(2)22(16)34-12-11-30-15-19(20-9-4-5-10-21(20)30)13-18(14-26)23(31)27-24-28-25(29-35-24)36(3,32)33/h4-10,13,15H,11-12H2,1-3H3,(H,27,28,29,31)/b18-13-. The van der Waals surface area contributed by atoms with Gasteiger partial charge in [0.15, 0.2) is 0 Å². The van der Waals surface area contributed by atoms with Crippen LogP contribution in [0.3, 0.4) is 0 Å². The zero-order valence-corrected chi connectivity index (χ0v) is 21.5. The van der Waals surface area contributed by atoms with Crippen molar-refractivity contribution >= 4 is 49.4 Å². The summed E-state index contributed by atoms with van der Waals surface area (Å²) >= 11 is 0.728. The monoisotopic (exact) mass is 521 g/mol. The number of nitrogens with zero attached hydrogens (tertiary/aromatic N) is 4. The molecule has 184 valence electrons. The number of amides is 1. The van der Waals surface area contributed by atoms with Gasteiger partial charge in [0, 0.05) is 40.5 Å². The number of carbonyl (C=O) groups is 1. The molecule has 4 aromatic rings. The number of rotatable bonds is 8. The lowest BCUT2D eigenvalue weighted by Crippen LogP contribution is -2.13. The summed E-state index contributed by atoms with van der Waals surface area (Å²) in [5.41, 5.74) is 3.62. The number of hydrogen-bond acceptors (Lipinski definition) is 8. The molecular formula is C25H23N5O4S2. The lowest BCUT2D eigenvalue weighted by atomic mass is 10.1. The van der Waals surface area contributed by atoms with Gasteiger partial charge in [-0.05, 0) is 37.1 Å². The minimum Gasteiger partial charge on any atom is -0.491 e. The number of nitriles is 1. The summed E-state index contributed by atoms with van der Waals surface area (Å²) in [6, 6.07) is 15.6. The molecule has 0 fully saturated rings. The predicted octanol–water partition coefficient (Wildman–Crippen LogP) is 4.14. The van der Waals surface area contributed by atoms with E-state index in [1.807, 2.05) is 73.1 Å². The summed E-state index contributed by atoms with van der Waals surface area (Å²) in [6.45, 7) is 5.02. The summed E-state index contributed by atoms with van der Waals surface area (Å²) in [6.07, 6.45) is 4.35. The molecule has 0 aliphatic heterocycles. The van der Waals surface area contributed by atoms with Crippen LogP contribution in [0.25, 0.3) is 17.0 Å². The highest BCUT2D eigenvalue weighted by atomic mass is 32.2. The first-order chi connectivity index (χ1) is 17.2. The van der Waals surface area contributed by atoms with Crippen molar-refractivity contribution in [1.29, 1.82) is 5.26 Å². The second-order valence-electron chi connectivity index (χ2n) is 8.14. The van der Waals surface area contributed by atoms with Gasteiger partial charge < -0.3 is 9.30 Å². The average molecular weight is 522 g/mol. The summed E-state index contributed by atoms with van der Waals surface area (Å²) in [7, 11) is -3.60. The fourth-order valence-electron chi connectivity index (χ4n) is 3.73. The zero-order chi connectivity index (χ0) is 25.9. The maximum Gasteiger partial charge on any atom is 0.268 e. The van der Waals surface area contributed by atoms with E-state index >= 15 is 0 Å². The van der Waals surface area contributed by atoms with Crippen molar-refractivity contribution in [1.82, 2.24) is 13.9 Å². The van der Waals surface area contributed by atoms with E-state index in [1.54, 1.807) is 0 Å². The van der Waals surface area contributed by atoms with Gasteiger partial charge in [0.1, 0.15) is 24.0 Å². The number of sulfone groups is 1. The van der Waals surface area contributed by atoms with Gasteiger partial charge in [0.25, 0.3) is 11.1 Å². The van der Waals surface area contributed by atoms with Crippen molar-refractivity contribution in [2.45, 2.75) is 25.5 Å². The van der Waals surface area contributed by atoms with E-state index in [0.29, 0.717) is 18.7 Å². The molecule has 9 nitrogen and oxygen atoms in total. The van der Waals surface area contributed by atoms with Crippen LogP contribution < -0.4 is 10.1 Å². The summed E-state index contributed by atoms with van der Waals surface area (Å²) in [5.74, 6) is 0.164. The molecule has 4 rings (SSSR count). The van der Waals surface area contributed by atoms with Gasteiger partial charge in [-0.3, -0.25) is 10.1 Å². The molecule has 0 saturated carbocycles. The van der Waals surface area contributed by atoms with Gasteiger partial charge in [-0.1, -0.05) is 36.4 Å². The van der Waals surface area contributed by atoms with Crippen molar-refractivity contribution in [3.8, 4) is 11.8 Å². The zero-order valence-electron chi connectivity index (χ0n) is 19.8. The van der Waals surface area contributed by atoms with E-state index in [2.05, 4.69) is 14.7 Å². The van der Waals surface area contributed by atoms with Crippen LogP contribution in [0.1, 0.15) is 16.7 Å². The van der Waals surface area contributed by atoms with Gasteiger partial charge in [-0.15, -0.1) is 0 Å². The molecular weight excluding hydrogens is 498 g/mol. The number of aromatic nitrogens is 3. The molecule has 0 aliphatic carbocycles. The first-order valence-corrected chi connectivity index (χ1v) is 13.6. The van der Waals surface area contributed by atoms with Crippen LogP contribution >= 0.6 is 11.5 Å². The normalized spacial score (nSPS) is 11.9. The van der Waals surface area contributed by atoms with E-state index in [-0.39, 0.29) is 15.9 Å². The molecule has 0 bridgehead atoms. The molecule has 11 heteroatoms. The SMILES string of the molecule is Cc1cccc(C)c1OCCn1cc(/C=C(/C#N)C(=O)Nc2nc(S(C)(=O)=O)ns2)c2ccccc21. The van der Waals surface area contributed by atoms with Gasteiger partial charge >= 0.3 is 0 Å². The molecule has 0 saturated heterocycles. The van der Waals surface area contributed by atoms with Crippen molar-refractivity contribution in [3.63, 3.8) is 0 Å². The first kappa shape index (κ1) is 25.1. The number of anilines is 1. The maximum atomic E-state index is 12.7. The third-order valence-corrected chi connectivity index (χ3v) is 7.02. The number of fused-ring (bicyclic) bond motifs is 1. The fourth-order valence-corrected chi connectivity index (χ4v) is 5.17. The van der Waals surface area contributed by atoms with Crippen LogP contribution in [0.15, 0.2) is 59.4 Å². The number of carbonyl (C=O) groups excluding carboxylic acids is 1. The Balaban J connectivity index is 1.56. The van der Waals surface area contributed by atoms with Crippen LogP contribution in [0, 0.1) is 25.2 Å². The van der Waals surface area contributed by atoms with E-state index < -0.39 is 15.7 Å². The molecule has 36 heavy (non-hydrogen) atoms. The van der Waals surface area contributed by atoms with Crippen LogP contribution in [-0.2, 0) is 21.2 Å². The first-order valence-electron chi connectivity index (χ1n) is 10.9. The second kappa shape index (κ2) is 10.3. The van der Waals surface area contributed by atoms with Gasteiger partial charge in [-0.25, -0.2) is 8.42 Å². The molecule has 1 amide bonds. The quantitative estimate of drug-likeness (QED) is 0.273. The minimum absolute atomic E-state index is 0.00680. The van der Waals surface area contributed by atoms with E-state index in [0.717, 1.165) is 45.6 Å². The van der Waals surface area contributed by atoms with Gasteiger partial charge in [0.05, 0.1) is 6.54 Å². The number of ether oxygens (including phenoxy) is 1. The number of aryl methyl sites for hydroxylation is 2. The molecule has 1 N–H and O–H groups in total. The Morgan fingerprint density at radius 2 is 1.92 bits per heavy atom. The topological polar surface area (TPSA) is 127 Å². The Hall–Kier alpha value is -4.01. The fraction of sp³-hybridized carbons (Fsp3) is 0.200. The summed E-state index contributed by atoms with van der Waals surface area (Å²) in [4.78, 5) is 16.5. The molecule has 0 radical (unpaired) electrons. The van der Waals surface area contributed by atoms with Crippen molar-refractivity contribution < 1.29 is 17.9 Å². The molecule has 0 aliphatic rings. The Morgan fingerprint density at radius 3 is 2.58 bits per heavy atom. The molecule has 0 spiro atoms. The Bertz CT molecular complexity index is 1610. The Morgan fingerprint density at radius 1 is 1.19 bits per heavy atom. The van der Waals surface area contributed by atoms with E-state index in [4.69, 9.17) is 4.74 Å². The van der Waals surface area contributed by atoms with Crippen molar-refractivity contribution in [2.75, 3.05) is 18.2 Å². The van der Waals surface area contributed by atoms with Crippen LogP contribution in [0.4, 0.5) is 5.13 Å². The molecule has 2 heterocycles. The number of benzene rings is 2. The van der Waals surface area contributed by atoms with Crippen molar-refractivity contribution in [2.24, 2.45) is 0 Å². The Kier molecular flexibility index (Phi) is 7.19. The van der Waals surface area contributed by atoms with Crippen LogP contribution in [0.5, 0.6) is 5.75 Å². The third kappa shape index (κ3) is 5.45. The largest absolute Gasteiger partial charge is 0.491 e. The highest BCUT2D eigenvalue weighted by Gasteiger charge is 2.18.